The number of halogens is 1. The van der Waals surface area contributed by atoms with Gasteiger partial charge in [-0.3, -0.25) is 4.90 Å². The SMILES string of the molecule is CC(C)(C)OC(=O)N1C2C=C(c3cccc(Cl)c3)CC1CCC2. The topological polar surface area (TPSA) is 29.5 Å². The number of fused-ring (bicyclic) bond motifs is 2. The second kappa shape index (κ2) is 6.20. The Morgan fingerprint density at radius 1 is 1.30 bits per heavy atom. The zero-order valence-electron chi connectivity index (χ0n) is 14.0. The van der Waals surface area contributed by atoms with Crippen molar-refractivity contribution in [2.24, 2.45) is 0 Å². The average molecular weight is 334 g/mol. The van der Waals surface area contributed by atoms with Gasteiger partial charge in [0.25, 0.3) is 0 Å². The molecule has 23 heavy (non-hydrogen) atoms. The van der Waals surface area contributed by atoms with Gasteiger partial charge in [0.2, 0.25) is 0 Å². The summed E-state index contributed by atoms with van der Waals surface area (Å²) in [5, 5.41) is 0.753. The molecule has 4 heteroatoms. The van der Waals surface area contributed by atoms with Gasteiger partial charge in [-0.05, 0) is 69.7 Å². The van der Waals surface area contributed by atoms with Crippen LogP contribution in [0.3, 0.4) is 0 Å². The summed E-state index contributed by atoms with van der Waals surface area (Å²) in [6.07, 6.45) is 6.11. The number of carbonyl (C=O) groups excluding carboxylic acids is 1. The maximum atomic E-state index is 12.6. The van der Waals surface area contributed by atoms with Gasteiger partial charge in [0.05, 0.1) is 6.04 Å². The fraction of sp³-hybridized carbons (Fsp3) is 0.526. The molecule has 2 atom stereocenters. The van der Waals surface area contributed by atoms with E-state index in [-0.39, 0.29) is 18.2 Å². The van der Waals surface area contributed by atoms with Crippen molar-refractivity contribution in [3.63, 3.8) is 0 Å². The summed E-state index contributed by atoms with van der Waals surface area (Å²) in [5.41, 5.74) is 2.00. The Morgan fingerprint density at radius 3 is 2.74 bits per heavy atom. The van der Waals surface area contributed by atoms with Gasteiger partial charge in [0, 0.05) is 11.1 Å². The van der Waals surface area contributed by atoms with E-state index < -0.39 is 5.60 Å². The minimum absolute atomic E-state index is 0.131. The number of ether oxygens (including phenoxy) is 1. The van der Waals surface area contributed by atoms with Crippen LogP contribution in [0.1, 0.15) is 52.0 Å². The molecule has 124 valence electrons. The molecule has 2 heterocycles. The average Bonchev–Trinajstić information content (AvgIpc) is 2.44. The number of hydrogen-bond donors (Lipinski definition) is 0. The zero-order valence-corrected chi connectivity index (χ0v) is 14.8. The van der Waals surface area contributed by atoms with Crippen LogP contribution in [0, 0.1) is 0 Å². The highest BCUT2D eigenvalue weighted by molar-refractivity contribution is 6.30. The van der Waals surface area contributed by atoms with Gasteiger partial charge < -0.3 is 4.74 Å². The zero-order chi connectivity index (χ0) is 16.6. The summed E-state index contributed by atoms with van der Waals surface area (Å²) in [4.78, 5) is 14.5. The van der Waals surface area contributed by atoms with Gasteiger partial charge in [-0.2, -0.15) is 0 Å². The van der Waals surface area contributed by atoms with Crippen LogP contribution in [-0.2, 0) is 4.74 Å². The molecule has 0 aromatic heterocycles. The van der Waals surface area contributed by atoms with E-state index in [2.05, 4.69) is 12.1 Å². The normalized spacial score (nSPS) is 24.2. The molecule has 2 unspecified atom stereocenters. The minimum atomic E-state index is -0.456. The molecule has 3 nitrogen and oxygen atoms in total. The second-order valence-electron chi connectivity index (χ2n) is 7.45. The molecule has 0 spiro atoms. The van der Waals surface area contributed by atoms with Crippen molar-refractivity contribution in [2.75, 3.05) is 0 Å². The van der Waals surface area contributed by atoms with E-state index in [1.165, 1.54) is 11.1 Å². The van der Waals surface area contributed by atoms with Gasteiger partial charge in [-0.1, -0.05) is 29.8 Å². The number of hydrogen-bond acceptors (Lipinski definition) is 2. The number of rotatable bonds is 1. The first-order chi connectivity index (χ1) is 10.8. The third-order valence-corrected chi connectivity index (χ3v) is 4.67. The van der Waals surface area contributed by atoms with Crippen molar-refractivity contribution in [1.29, 1.82) is 0 Å². The number of piperidine rings is 1. The van der Waals surface area contributed by atoms with Crippen LogP contribution in [0.15, 0.2) is 30.3 Å². The monoisotopic (exact) mass is 333 g/mol. The number of carbonyl (C=O) groups is 1. The molecule has 1 fully saturated rings. The standard InChI is InChI=1S/C19H24ClNO2/c1-19(2,3)23-18(22)21-16-8-5-9-17(21)12-14(11-16)13-6-4-7-15(20)10-13/h4,6-7,10-11,16-17H,5,8-9,12H2,1-3H3. The van der Waals surface area contributed by atoms with Crippen LogP contribution < -0.4 is 0 Å². The van der Waals surface area contributed by atoms with Gasteiger partial charge in [-0.25, -0.2) is 4.79 Å². The van der Waals surface area contributed by atoms with E-state index in [0.717, 1.165) is 30.7 Å². The molecule has 1 aromatic rings. The van der Waals surface area contributed by atoms with Crippen molar-refractivity contribution in [2.45, 2.75) is 64.1 Å². The van der Waals surface area contributed by atoms with Crippen LogP contribution in [0.4, 0.5) is 4.79 Å². The summed E-state index contributed by atoms with van der Waals surface area (Å²) in [6, 6.07) is 8.33. The number of benzene rings is 1. The van der Waals surface area contributed by atoms with E-state index in [1.807, 2.05) is 43.9 Å². The van der Waals surface area contributed by atoms with Gasteiger partial charge >= 0.3 is 6.09 Å². The van der Waals surface area contributed by atoms with Crippen LogP contribution in [-0.4, -0.2) is 28.7 Å². The third-order valence-electron chi connectivity index (χ3n) is 4.44. The Hall–Kier alpha value is -1.48. The molecule has 2 bridgehead atoms. The molecule has 2 aliphatic rings. The largest absolute Gasteiger partial charge is 0.444 e. The van der Waals surface area contributed by atoms with Crippen molar-refractivity contribution >= 4 is 23.3 Å². The molecule has 0 N–H and O–H groups in total. The molecule has 0 saturated carbocycles. The molecular weight excluding hydrogens is 310 g/mol. The highest BCUT2D eigenvalue weighted by atomic mass is 35.5. The predicted octanol–water partition coefficient (Wildman–Crippen LogP) is 5.29. The van der Waals surface area contributed by atoms with E-state index in [0.29, 0.717) is 0 Å². The van der Waals surface area contributed by atoms with Gasteiger partial charge in [-0.15, -0.1) is 0 Å². The third kappa shape index (κ3) is 3.72. The molecule has 0 aliphatic carbocycles. The Bertz CT molecular complexity index is 633. The summed E-state index contributed by atoms with van der Waals surface area (Å²) in [5.74, 6) is 0. The molecule has 1 aromatic carbocycles. The lowest BCUT2D eigenvalue weighted by Crippen LogP contribution is -2.53. The van der Waals surface area contributed by atoms with E-state index in [1.54, 1.807) is 0 Å². The molecule has 0 radical (unpaired) electrons. The van der Waals surface area contributed by atoms with E-state index >= 15 is 0 Å². The lowest BCUT2D eigenvalue weighted by Gasteiger charge is -2.45. The second-order valence-corrected chi connectivity index (χ2v) is 7.88. The quantitative estimate of drug-likeness (QED) is 0.699. The molecular formula is C19H24ClNO2. The maximum Gasteiger partial charge on any atom is 0.411 e. The summed E-state index contributed by atoms with van der Waals surface area (Å²) < 4.78 is 5.61. The Morgan fingerprint density at radius 2 is 2.09 bits per heavy atom. The Labute approximate surface area is 143 Å². The first-order valence-corrected chi connectivity index (χ1v) is 8.69. The van der Waals surface area contributed by atoms with Crippen molar-refractivity contribution in [3.05, 3.63) is 40.9 Å². The Kier molecular flexibility index (Phi) is 4.41. The fourth-order valence-electron chi connectivity index (χ4n) is 3.53. The maximum absolute atomic E-state index is 12.6. The number of amides is 1. The summed E-state index contributed by atoms with van der Waals surface area (Å²) >= 11 is 6.12. The molecule has 2 aliphatic heterocycles. The Balaban J connectivity index is 1.86. The van der Waals surface area contributed by atoms with Crippen molar-refractivity contribution < 1.29 is 9.53 Å². The minimum Gasteiger partial charge on any atom is -0.444 e. The summed E-state index contributed by atoms with van der Waals surface area (Å²) in [7, 11) is 0. The van der Waals surface area contributed by atoms with E-state index in [4.69, 9.17) is 16.3 Å². The molecule has 1 saturated heterocycles. The smallest absolute Gasteiger partial charge is 0.411 e. The van der Waals surface area contributed by atoms with Gasteiger partial charge in [0.1, 0.15) is 5.60 Å². The number of nitrogens with zero attached hydrogens (tertiary/aromatic N) is 1. The highest BCUT2D eigenvalue weighted by Crippen LogP contribution is 2.38. The van der Waals surface area contributed by atoms with Crippen molar-refractivity contribution in [3.8, 4) is 0 Å². The lowest BCUT2D eigenvalue weighted by atomic mass is 9.83. The van der Waals surface area contributed by atoms with Crippen LogP contribution in [0.25, 0.3) is 5.57 Å². The molecule has 1 amide bonds. The first-order valence-electron chi connectivity index (χ1n) is 8.31. The predicted molar refractivity (Wildman–Crippen MR) is 93.5 cm³/mol. The lowest BCUT2D eigenvalue weighted by molar-refractivity contribution is 0.0000862. The van der Waals surface area contributed by atoms with E-state index in [9.17, 15) is 4.79 Å². The van der Waals surface area contributed by atoms with Crippen LogP contribution in [0.2, 0.25) is 5.02 Å². The van der Waals surface area contributed by atoms with Crippen molar-refractivity contribution in [1.82, 2.24) is 4.90 Å². The van der Waals surface area contributed by atoms with Crippen LogP contribution in [0.5, 0.6) is 0 Å². The first kappa shape index (κ1) is 16.4. The molecule has 3 rings (SSSR count). The summed E-state index contributed by atoms with van der Waals surface area (Å²) in [6.45, 7) is 5.74. The fourth-order valence-corrected chi connectivity index (χ4v) is 3.72. The highest BCUT2D eigenvalue weighted by Gasteiger charge is 2.39. The van der Waals surface area contributed by atoms with Gasteiger partial charge in [0.15, 0.2) is 0 Å². The van der Waals surface area contributed by atoms with Crippen LogP contribution >= 0.6 is 11.6 Å².